The maximum Gasteiger partial charge on any atom is 0.202 e. The molecular weight excluding hydrogens is 242 g/mol. The maximum atomic E-state index is 5.93. The van der Waals surface area contributed by atoms with Crippen LogP contribution >= 0.6 is 23.1 Å². The largest absolute Gasteiger partial charge is 0.356 e. The van der Waals surface area contributed by atoms with E-state index >= 15 is 0 Å². The van der Waals surface area contributed by atoms with Gasteiger partial charge in [-0.25, -0.2) is 4.98 Å². The normalized spacial score (nSPS) is 12.3. The first kappa shape index (κ1) is 11.4. The fraction of sp³-hybridized carbons (Fsp3) is 0.273. The summed E-state index contributed by atoms with van der Waals surface area (Å²) in [6.45, 7) is 0. The lowest BCUT2D eigenvalue weighted by Gasteiger charge is -2.14. The maximum absolute atomic E-state index is 5.93. The molecule has 1 aromatic heterocycles. The number of rotatable bonds is 5. The third kappa shape index (κ3) is 3.18. The van der Waals surface area contributed by atoms with Crippen molar-refractivity contribution in [3.8, 4) is 0 Å². The van der Waals surface area contributed by atoms with Gasteiger partial charge in [-0.2, -0.15) is 4.37 Å². The fourth-order valence-electron chi connectivity index (χ4n) is 1.45. The van der Waals surface area contributed by atoms with Gasteiger partial charge in [-0.05, 0) is 12.0 Å². The molecule has 2 aromatic rings. The summed E-state index contributed by atoms with van der Waals surface area (Å²) in [6.07, 6.45) is 2.44. The number of benzene rings is 1. The molecule has 0 radical (unpaired) electrons. The predicted octanol–water partition coefficient (Wildman–Crippen LogP) is 2.80. The Hall–Kier alpha value is -1.13. The van der Waals surface area contributed by atoms with Crippen LogP contribution in [0, 0.1) is 0 Å². The summed E-state index contributed by atoms with van der Waals surface area (Å²) < 4.78 is 3.94. The molecular formula is C11H12ClN3S. The number of hydrogen-bond acceptors (Lipinski definition) is 4. The van der Waals surface area contributed by atoms with Gasteiger partial charge < -0.3 is 5.32 Å². The van der Waals surface area contributed by atoms with Gasteiger partial charge in [0.1, 0.15) is 6.33 Å². The first-order valence-corrected chi connectivity index (χ1v) is 6.32. The van der Waals surface area contributed by atoms with E-state index in [2.05, 4.69) is 26.8 Å². The molecule has 0 spiro atoms. The van der Waals surface area contributed by atoms with Gasteiger partial charge in [0, 0.05) is 23.5 Å². The number of nitrogens with one attached hydrogen (secondary N) is 1. The first-order chi connectivity index (χ1) is 7.88. The average molecular weight is 254 g/mol. The molecule has 0 bridgehead atoms. The molecule has 84 valence electrons. The average Bonchev–Trinajstić information content (AvgIpc) is 2.82. The van der Waals surface area contributed by atoms with Crippen LogP contribution in [0.1, 0.15) is 5.56 Å². The van der Waals surface area contributed by atoms with E-state index in [-0.39, 0.29) is 6.04 Å². The highest BCUT2D eigenvalue weighted by Gasteiger charge is 2.09. The van der Waals surface area contributed by atoms with E-state index in [4.69, 9.17) is 11.6 Å². The zero-order valence-corrected chi connectivity index (χ0v) is 10.2. The van der Waals surface area contributed by atoms with Gasteiger partial charge in [0.2, 0.25) is 5.13 Å². The first-order valence-electron chi connectivity index (χ1n) is 5.01. The van der Waals surface area contributed by atoms with Crippen LogP contribution in [0.5, 0.6) is 0 Å². The lowest BCUT2D eigenvalue weighted by molar-refractivity contribution is 0.795. The zero-order chi connectivity index (χ0) is 11.2. The van der Waals surface area contributed by atoms with Crippen molar-refractivity contribution >= 4 is 28.3 Å². The van der Waals surface area contributed by atoms with Crippen molar-refractivity contribution in [1.82, 2.24) is 9.36 Å². The van der Waals surface area contributed by atoms with Gasteiger partial charge in [0.15, 0.2) is 0 Å². The van der Waals surface area contributed by atoms with E-state index in [9.17, 15) is 0 Å². The summed E-state index contributed by atoms with van der Waals surface area (Å²) in [5.41, 5.74) is 1.27. The zero-order valence-electron chi connectivity index (χ0n) is 8.64. The third-order valence-corrected chi connectivity index (χ3v) is 3.17. The summed E-state index contributed by atoms with van der Waals surface area (Å²) in [6, 6.07) is 10.5. The van der Waals surface area contributed by atoms with Crippen LogP contribution in [0.2, 0.25) is 0 Å². The summed E-state index contributed by atoms with van der Waals surface area (Å²) >= 11 is 7.27. The van der Waals surface area contributed by atoms with Crippen LogP contribution in [0.15, 0.2) is 36.7 Å². The Kier molecular flexibility index (Phi) is 4.13. The molecule has 0 aliphatic carbocycles. The Balaban J connectivity index is 1.96. The Bertz CT molecular complexity index is 404. The standard InChI is InChI=1S/C11H12ClN3S/c12-7-10(15-11-13-8-14-16-11)6-9-4-2-1-3-5-9/h1-5,8,10H,6-7H2,(H,13,14,15). The molecule has 16 heavy (non-hydrogen) atoms. The highest BCUT2D eigenvalue weighted by Crippen LogP contribution is 2.12. The Labute approximate surface area is 104 Å². The molecule has 3 nitrogen and oxygen atoms in total. The van der Waals surface area contributed by atoms with Crippen molar-refractivity contribution in [3.63, 3.8) is 0 Å². The molecule has 0 aliphatic rings. The minimum atomic E-state index is 0.192. The number of hydrogen-bond donors (Lipinski definition) is 1. The fourth-order valence-corrected chi connectivity index (χ4v) is 2.15. The number of halogens is 1. The topological polar surface area (TPSA) is 37.8 Å². The lowest BCUT2D eigenvalue weighted by atomic mass is 10.1. The van der Waals surface area contributed by atoms with Crippen molar-refractivity contribution < 1.29 is 0 Å². The second-order valence-electron chi connectivity index (χ2n) is 3.43. The van der Waals surface area contributed by atoms with Crippen molar-refractivity contribution in [2.24, 2.45) is 0 Å². The summed E-state index contributed by atoms with van der Waals surface area (Å²) in [7, 11) is 0. The van der Waals surface area contributed by atoms with E-state index in [0.717, 1.165) is 11.6 Å². The molecule has 0 saturated carbocycles. The SMILES string of the molecule is ClCC(Cc1ccccc1)Nc1ncns1. The lowest BCUT2D eigenvalue weighted by Crippen LogP contribution is -2.23. The summed E-state index contributed by atoms with van der Waals surface area (Å²) in [5.74, 6) is 0.550. The van der Waals surface area contributed by atoms with Crippen LogP contribution in [0.3, 0.4) is 0 Å². The van der Waals surface area contributed by atoms with E-state index in [1.807, 2.05) is 18.2 Å². The van der Waals surface area contributed by atoms with Crippen molar-refractivity contribution in [2.75, 3.05) is 11.2 Å². The smallest absolute Gasteiger partial charge is 0.202 e. The Morgan fingerprint density at radius 2 is 2.12 bits per heavy atom. The van der Waals surface area contributed by atoms with E-state index in [1.165, 1.54) is 17.1 Å². The molecule has 0 saturated heterocycles. The molecule has 1 aromatic carbocycles. The van der Waals surface area contributed by atoms with Crippen molar-refractivity contribution in [2.45, 2.75) is 12.5 Å². The molecule has 1 heterocycles. The molecule has 0 amide bonds. The van der Waals surface area contributed by atoms with Gasteiger partial charge in [0.25, 0.3) is 0 Å². The quantitative estimate of drug-likeness (QED) is 0.833. The number of aromatic nitrogens is 2. The van der Waals surface area contributed by atoms with Gasteiger partial charge >= 0.3 is 0 Å². The van der Waals surface area contributed by atoms with E-state index < -0.39 is 0 Å². The van der Waals surface area contributed by atoms with Gasteiger partial charge in [0.05, 0.1) is 0 Å². The van der Waals surface area contributed by atoms with Crippen LogP contribution in [0.25, 0.3) is 0 Å². The molecule has 5 heteroatoms. The molecule has 2 rings (SSSR count). The minimum Gasteiger partial charge on any atom is -0.356 e. The van der Waals surface area contributed by atoms with Gasteiger partial charge in [-0.1, -0.05) is 30.3 Å². The van der Waals surface area contributed by atoms with Crippen LogP contribution in [-0.2, 0) is 6.42 Å². The number of alkyl halides is 1. The molecule has 0 fully saturated rings. The van der Waals surface area contributed by atoms with Crippen molar-refractivity contribution in [1.29, 1.82) is 0 Å². The number of anilines is 1. The predicted molar refractivity (Wildman–Crippen MR) is 68.2 cm³/mol. The van der Waals surface area contributed by atoms with Crippen LogP contribution < -0.4 is 5.32 Å². The van der Waals surface area contributed by atoms with E-state index in [1.54, 1.807) is 6.33 Å². The van der Waals surface area contributed by atoms with Crippen LogP contribution in [-0.4, -0.2) is 21.3 Å². The second-order valence-corrected chi connectivity index (χ2v) is 4.52. The van der Waals surface area contributed by atoms with Gasteiger partial charge in [-0.3, -0.25) is 0 Å². The molecule has 1 atom stereocenters. The van der Waals surface area contributed by atoms with Crippen molar-refractivity contribution in [3.05, 3.63) is 42.2 Å². The highest BCUT2D eigenvalue weighted by atomic mass is 35.5. The van der Waals surface area contributed by atoms with Gasteiger partial charge in [-0.15, -0.1) is 11.6 Å². The van der Waals surface area contributed by atoms with E-state index in [0.29, 0.717) is 5.88 Å². The molecule has 1 N–H and O–H groups in total. The second kappa shape index (κ2) is 5.82. The van der Waals surface area contributed by atoms with Crippen LogP contribution in [0.4, 0.5) is 5.13 Å². The molecule has 0 aliphatic heterocycles. The third-order valence-electron chi connectivity index (χ3n) is 2.20. The summed E-state index contributed by atoms with van der Waals surface area (Å²) in [5, 5.41) is 4.09. The Morgan fingerprint density at radius 3 is 2.75 bits per heavy atom. The molecule has 1 unspecified atom stereocenters. The highest BCUT2D eigenvalue weighted by molar-refractivity contribution is 7.09. The minimum absolute atomic E-state index is 0.192. The number of nitrogens with zero attached hydrogens (tertiary/aromatic N) is 2. The Morgan fingerprint density at radius 1 is 1.31 bits per heavy atom. The monoisotopic (exact) mass is 253 g/mol. The summed E-state index contributed by atoms with van der Waals surface area (Å²) in [4.78, 5) is 4.08.